The number of anilines is 1. The summed E-state index contributed by atoms with van der Waals surface area (Å²) in [4.78, 5) is 0. The monoisotopic (exact) mass is 343 g/mol. The van der Waals surface area contributed by atoms with Gasteiger partial charge in [0.1, 0.15) is 24.2 Å². The molecule has 1 N–H and O–H groups in total. The lowest BCUT2D eigenvalue weighted by molar-refractivity contribution is 0.110. The normalized spacial score (nSPS) is 11.8. The van der Waals surface area contributed by atoms with Crippen molar-refractivity contribution in [2.24, 2.45) is 0 Å². The molecule has 0 amide bonds. The lowest BCUT2D eigenvalue weighted by atomic mass is 10.1. The van der Waals surface area contributed by atoms with Crippen LogP contribution in [0.1, 0.15) is 25.0 Å². The van der Waals surface area contributed by atoms with E-state index in [0.29, 0.717) is 26.4 Å². The predicted molar refractivity (Wildman–Crippen MR) is 103 cm³/mol. The van der Waals surface area contributed by atoms with Crippen LogP contribution in [0.2, 0.25) is 0 Å². The summed E-state index contributed by atoms with van der Waals surface area (Å²) in [5, 5.41) is 3.42. The SMILES string of the molecule is CCOCCOc1ccccc1NCC(C)Oc1c(C)cccc1C. The van der Waals surface area contributed by atoms with Crippen molar-refractivity contribution in [2.45, 2.75) is 33.8 Å². The largest absolute Gasteiger partial charge is 0.489 e. The first-order valence-corrected chi connectivity index (χ1v) is 8.88. The molecule has 0 aliphatic rings. The second kappa shape index (κ2) is 9.94. The highest BCUT2D eigenvalue weighted by Crippen LogP contribution is 2.25. The topological polar surface area (TPSA) is 39.7 Å². The van der Waals surface area contributed by atoms with Crippen LogP contribution in [0.3, 0.4) is 0 Å². The Balaban J connectivity index is 1.90. The third-order valence-corrected chi connectivity index (χ3v) is 3.88. The van der Waals surface area contributed by atoms with Crippen molar-refractivity contribution in [1.82, 2.24) is 0 Å². The molecule has 1 unspecified atom stereocenters. The number of hydrogen-bond acceptors (Lipinski definition) is 4. The Kier molecular flexibility index (Phi) is 7.61. The highest BCUT2D eigenvalue weighted by Gasteiger charge is 2.10. The van der Waals surface area contributed by atoms with Crippen LogP contribution in [-0.4, -0.2) is 32.5 Å². The fourth-order valence-corrected chi connectivity index (χ4v) is 2.58. The van der Waals surface area contributed by atoms with Gasteiger partial charge in [0, 0.05) is 6.61 Å². The molecule has 0 aliphatic heterocycles. The molecule has 0 saturated carbocycles. The van der Waals surface area contributed by atoms with E-state index in [1.54, 1.807) is 0 Å². The quantitative estimate of drug-likeness (QED) is 0.640. The molecule has 2 rings (SSSR count). The molecule has 0 spiro atoms. The zero-order valence-corrected chi connectivity index (χ0v) is 15.7. The molecule has 2 aromatic rings. The van der Waals surface area contributed by atoms with Gasteiger partial charge in [0.15, 0.2) is 0 Å². The maximum absolute atomic E-state index is 6.13. The lowest BCUT2D eigenvalue weighted by Crippen LogP contribution is -2.23. The van der Waals surface area contributed by atoms with Crippen LogP contribution in [0.15, 0.2) is 42.5 Å². The number of ether oxygens (including phenoxy) is 3. The van der Waals surface area contributed by atoms with Crippen molar-refractivity contribution in [3.8, 4) is 11.5 Å². The van der Waals surface area contributed by atoms with Gasteiger partial charge in [0.05, 0.1) is 18.8 Å². The van der Waals surface area contributed by atoms with Crippen molar-refractivity contribution in [2.75, 3.05) is 31.7 Å². The van der Waals surface area contributed by atoms with Crippen molar-refractivity contribution in [3.05, 3.63) is 53.6 Å². The fraction of sp³-hybridized carbons (Fsp3) is 0.429. The highest BCUT2D eigenvalue weighted by atomic mass is 16.5. The van der Waals surface area contributed by atoms with Crippen molar-refractivity contribution >= 4 is 5.69 Å². The molecular weight excluding hydrogens is 314 g/mol. The molecule has 25 heavy (non-hydrogen) atoms. The number of aryl methyl sites for hydroxylation is 2. The molecule has 0 aliphatic carbocycles. The van der Waals surface area contributed by atoms with Gasteiger partial charge in [0.25, 0.3) is 0 Å². The molecule has 0 heterocycles. The number of nitrogens with one attached hydrogen (secondary N) is 1. The predicted octanol–water partition coefficient (Wildman–Crippen LogP) is 4.60. The van der Waals surface area contributed by atoms with E-state index in [1.807, 2.05) is 31.2 Å². The summed E-state index contributed by atoms with van der Waals surface area (Å²) in [6.45, 7) is 10.7. The number of rotatable bonds is 10. The second-order valence-electron chi connectivity index (χ2n) is 6.07. The standard InChI is InChI=1S/C21H29NO3/c1-5-23-13-14-24-20-12-7-6-11-19(20)22-15-18(4)25-21-16(2)9-8-10-17(21)3/h6-12,18,22H,5,13-15H2,1-4H3. The first-order chi connectivity index (χ1) is 12.1. The van der Waals surface area contributed by atoms with Gasteiger partial charge in [-0.05, 0) is 51.0 Å². The molecular formula is C21H29NO3. The van der Waals surface area contributed by atoms with E-state index in [4.69, 9.17) is 14.2 Å². The molecule has 0 bridgehead atoms. The van der Waals surface area contributed by atoms with Crippen LogP contribution >= 0.6 is 0 Å². The van der Waals surface area contributed by atoms with E-state index in [-0.39, 0.29) is 6.10 Å². The van der Waals surface area contributed by atoms with Gasteiger partial charge in [-0.2, -0.15) is 0 Å². The van der Waals surface area contributed by atoms with Crippen molar-refractivity contribution in [1.29, 1.82) is 0 Å². The highest BCUT2D eigenvalue weighted by molar-refractivity contribution is 5.56. The summed E-state index contributed by atoms with van der Waals surface area (Å²) in [5.41, 5.74) is 3.29. The molecule has 0 radical (unpaired) electrons. The Bertz CT molecular complexity index is 637. The fourth-order valence-electron chi connectivity index (χ4n) is 2.58. The maximum atomic E-state index is 6.13. The summed E-state index contributed by atoms with van der Waals surface area (Å²) < 4.78 is 17.2. The van der Waals surface area contributed by atoms with Crippen LogP contribution < -0.4 is 14.8 Å². The molecule has 4 nitrogen and oxygen atoms in total. The molecule has 1 atom stereocenters. The smallest absolute Gasteiger partial charge is 0.142 e. The minimum atomic E-state index is 0.0382. The average Bonchev–Trinajstić information content (AvgIpc) is 2.61. The van der Waals surface area contributed by atoms with Gasteiger partial charge >= 0.3 is 0 Å². The Morgan fingerprint density at radius 3 is 2.40 bits per heavy atom. The van der Waals surface area contributed by atoms with Crippen molar-refractivity contribution in [3.63, 3.8) is 0 Å². The van der Waals surface area contributed by atoms with Crippen LogP contribution in [0, 0.1) is 13.8 Å². The third kappa shape index (κ3) is 5.98. The van der Waals surface area contributed by atoms with Gasteiger partial charge in [0.2, 0.25) is 0 Å². The molecule has 0 saturated heterocycles. The molecule has 136 valence electrons. The van der Waals surface area contributed by atoms with E-state index in [9.17, 15) is 0 Å². The van der Waals surface area contributed by atoms with Gasteiger partial charge < -0.3 is 19.5 Å². The minimum absolute atomic E-state index is 0.0382. The van der Waals surface area contributed by atoms with E-state index >= 15 is 0 Å². The summed E-state index contributed by atoms with van der Waals surface area (Å²) in [6.07, 6.45) is 0.0382. The summed E-state index contributed by atoms with van der Waals surface area (Å²) >= 11 is 0. The van der Waals surface area contributed by atoms with Gasteiger partial charge in [-0.15, -0.1) is 0 Å². The molecule has 4 heteroatoms. The van der Waals surface area contributed by atoms with E-state index in [2.05, 4.69) is 44.3 Å². The Morgan fingerprint density at radius 2 is 1.68 bits per heavy atom. The minimum Gasteiger partial charge on any atom is -0.489 e. The Morgan fingerprint density at radius 1 is 0.960 bits per heavy atom. The van der Waals surface area contributed by atoms with Crippen molar-refractivity contribution < 1.29 is 14.2 Å². The zero-order valence-electron chi connectivity index (χ0n) is 15.7. The Hall–Kier alpha value is -2.20. The van der Waals surface area contributed by atoms with E-state index in [0.717, 1.165) is 28.3 Å². The molecule has 0 fully saturated rings. The van der Waals surface area contributed by atoms with Gasteiger partial charge in [-0.25, -0.2) is 0 Å². The van der Waals surface area contributed by atoms with Crippen LogP contribution in [0.25, 0.3) is 0 Å². The van der Waals surface area contributed by atoms with Gasteiger partial charge in [-0.3, -0.25) is 0 Å². The third-order valence-electron chi connectivity index (χ3n) is 3.88. The lowest BCUT2D eigenvalue weighted by Gasteiger charge is -2.20. The maximum Gasteiger partial charge on any atom is 0.142 e. The number of hydrogen-bond donors (Lipinski definition) is 1. The van der Waals surface area contributed by atoms with E-state index in [1.165, 1.54) is 0 Å². The summed E-state index contributed by atoms with van der Waals surface area (Å²) in [5.74, 6) is 1.81. The van der Waals surface area contributed by atoms with Crippen LogP contribution in [0.5, 0.6) is 11.5 Å². The molecule has 2 aromatic carbocycles. The second-order valence-corrected chi connectivity index (χ2v) is 6.07. The first-order valence-electron chi connectivity index (χ1n) is 8.88. The van der Waals surface area contributed by atoms with Gasteiger partial charge in [-0.1, -0.05) is 30.3 Å². The average molecular weight is 343 g/mol. The van der Waals surface area contributed by atoms with Crippen LogP contribution in [-0.2, 0) is 4.74 Å². The van der Waals surface area contributed by atoms with Crippen LogP contribution in [0.4, 0.5) is 5.69 Å². The summed E-state index contributed by atoms with van der Waals surface area (Å²) in [7, 11) is 0. The van der Waals surface area contributed by atoms with E-state index < -0.39 is 0 Å². The number of para-hydroxylation sites is 3. The first kappa shape index (κ1) is 19.1. The zero-order chi connectivity index (χ0) is 18.1. The molecule has 0 aromatic heterocycles. The Labute approximate surface area is 151 Å². The number of benzene rings is 2. The summed E-state index contributed by atoms with van der Waals surface area (Å²) in [6, 6.07) is 14.1.